The lowest BCUT2D eigenvalue weighted by molar-refractivity contribution is 0.0595. The van der Waals surface area contributed by atoms with Crippen LogP contribution in [0.5, 0.6) is 5.75 Å². The summed E-state index contributed by atoms with van der Waals surface area (Å²) >= 11 is 0. The number of aromatic nitrogens is 2. The number of fused-ring (bicyclic) bond motifs is 1. The molecule has 5 heteroatoms. The van der Waals surface area contributed by atoms with Crippen molar-refractivity contribution in [2.24, 2.45) is 0 Å². The number of methoxy groups -OCH3 is 1. The van der Waals surface area contributed by atoms with E-state index in [0.717, 1.165) is 5.65 Å². The quantitative estimate of drug-likeness (QED) is 0.798. The van der Waals surface area contributed by atoms with Gasteiger partial charge in [0.05, 0.1) is 13.7 Å². The van der Waals surface area contributed by atoms with E-state index in [1.807, 2.05) is 6.92 Å². The zero-order valence-corrected chi connectivity index (χ0v) is 11.3. The van der Waals surface area contributed by atoms with Gasteiger partial charge in [-0.2, -0.15) is 0 Å². The van der Waals surface area contributed by atoms with Gasteiger partial charge in [-0.3, -0.25) is 0 Å². The summed E-state index contributed by atoms with van der Waals surface area (Å²) in [6.45, 7) is 2.34. The number of carbonyl (C=O) groups excluding carboxylic acids is 1. The summed E-state index contributed by atoms with van der Waals surface area (Å²) in [7, 11) is 1.34. The molecule has 0 atom stereocenters. The lowest BCUT2D eigenvalue weighted by atomic mass is 10.2. The van der Waals surface area contributed by atoms with E-state index in [4.69, 9.17) is 9.47 Å². The van der Waals surface area contributed by atoms with Crippen molar-refractivity contribution in [2.75, 3.05) is 13.7 Å². The first-order chi connectivity index (χ1) is 9.26. The highest BCUT2D eigenvalue weighted by Gasteiger charge is 2.14. The second kappa shape index (κ2) is 6.22. The zero-order valence-electron chi connectivity index (χ0n) is 11.3. The lowest BCUT2D eigenvalue weighted by Gasteiger charge is -2.09. The van der Waals surface area contributed by atoms with Crippen LogP contribution in [0, 0.1) is 0 Å². The van der Waals surface area contributed by atoms with Crippen molar-refractivity contribution in [3.05, 3.63) is 30.2 Å². The number of pyridine rings is 1. The molecule has 0 radical (unpaired) electrons. The Bertz CT molecular complexity index is 558. The number of esters is 1. The van der Waals surface area contributed by atoms with Crippen molar-refractivity contribution >= 4 is 11.6 Å². The lowest BCUT2D eigenvalue weighted by Crippen LogP contribution is -2.07. The molecule has 2 aromatic heterocycles. The van der Waals surface area contributed by atoms with Crippen LogP contribution in [0.3, 0.4) is 0 Å². The molecule has 0 aromatic carbocycles. The van der Waals surface area contributed by atoms with E-state index < -0.39 is 5.97 Å². The summed E-state index contributed by atoms with van der Waals surface area (Å²) in [6, 6.07) is 1.72. The van der Waals surface area contributed by atoms with Crippen molar-refractivity contribution in [1.82, 2.24) is 9.38 Å². The molecule has 1 fully saturated rings. The number of hydrogen-bond donors (Lipinski definition) is 0. The van der Waals surface area contributed by atoms with Crippen LogP contribution in [-0.4, -0.2) is 29.1 Å². The van der Waals surface area contributed by atoms with Crippen LogP contribution in [0.2, 0.25) is 0 Å². The minimum Gasteiger partial charge on any atom is -0.493 e. The van der Waals surface area contributed by atoms with Crippen molar-refractivity contribution in [3.63, 3.8) is 0 Å². The number of hydrogen-bond acceptors (Lipinski definition) is 4. The van der Waals surface area contributed by atoms with E-state index in [2.05, 4.69) is 4.98 Å². The third-order valence-corrected chi connectivity index (χ3v) is 2.55. The Morgan fingerprint density at radius 1 is 1.42 bits per heavy atom. The zero-order chi connectivity index (χ0) is 13.7. The molecule has 0 amide bonds. The molecule has 2 aromatic rings. The number of carbonyl (C=O) groups is 1. The van der Waals surface area contributed by atoms with Gasteiger partial charge >= 0.3 is 5.97 Å². The molecule has 0 bridgehead atoms. The number of imidazole rings is 1. The van der Waals surface area contributed by atoms with Gasteiger partial charge in [0.1, 0.15) is 17.0 Å². The summed E-state index contributed by atoms with van der Waals surface area (Å²) in [4.78, 5) is 15.7. The molecule has 1 aliphatic carbocycles. The molecule has 1 aliphatic rings. The van der Waals surface area contributed by atoms with Crippen LogP contribution in [0.4, 0.5) is 0 Å². The van der Waals surface area contributed by atoms with Crippen LogP contribution in [-0.2, 0) is 4.74 Å². The fraction of sp³-hybridized carbons (Fsp3) is 0.429. The second-order valence-corrected chi connectivity index (χ2v) is 4.23. The van der Waals surface area contributed by atoms with Crippen LogP contribution >= 0.6 is 0 Å². The van der Waals surface area contributed by atoms with Crippen LogP contribution < -0.4 is 4.74 Å². The van der Waals surface area contributed by atoms with E-state index in [-0.39, 0.29) is 0 Å². The maximum atomic E-state index is 11.5. The fourth-order valence-electron chi connectivity index (χ4n) is 1.48. The van der Waals surface area contributed by atoms with Crippen molar-refractivity contribution < 1.29 is 14.3 Å². The Hall–Kier alpha value is -2.04. The third-order valence-electron chi connectivity index (χ3n) is 2.55. The molecule has 19 heavy (non-hydrogen) atoms. The summed E-state index contributed by atoms with van der Waals surface area (Å²) in [5.74, 6) is 0.0760. The Labute approximate surface area is 112 Å². The molecule has 2 heterocycles. The van der Waals surface area contributed by atoms with E-state index in [9.17, 15) is 4.79 Å². The number of nitrogens with zero attached hydrogens (tertiary/aromatic N) is 2. The Kier molecular flexibility index (Phi) is 4.39. The van der Waals surface area contributed by atoms with E-state index in [1.165, 1.54) is 26.4 Å². The minimum atomic E-state index is -0.418. The van der Waals surface area contributed by atoms with Gasteiger partial charge < -0.3 is 13.9 Å². The highest BCUT2D eigenvalue weighted by molar-refractivity contribution is 5.92. The molecular weight excluding hydrogens is 244 g/mol. The topological polar surface area (TPSA) is 52.8 Å². The van der Waals surface area contributed by atoms with Crippen LogP contribution in [0.15, 0.2) is 24.7 Å². The van der Waals surface area contributed by atoms with Gasteiger partial charge in [-0.25, -0.2) is 9.78 Å². The molecule has 0 saturated heterocycles. The normalized spacial score (nSPS) is 12.5. The molecule has 1 saturated carbocycles. The molecule has 102 valence electrons. The largest absolute Gasteiger partial charge is 0.493 e. The monoisotopic (exact) mass is 262 g/mol. The molecule has 0 aliphatic heterocycles. The van der Waals surface area contributed by atoms with E-state index in [0.29, 0.717) is 17.9 Å². The highest BCUT2D eigenvalue weighted by atomic mass is 16.5. The summed E-state index contributed by atoms with van der Waals surface area (Å²) < 4.78 is 11.8. The highest BCUT2D eigenvalue weighted by Crippen LogP contribution is 2.21. The van der Waals surface area contributed by atoms with Gasteiger partial charge in [0, 0.05) is 24.7 Å². The minimum absolute atomic E-state index is 0.398. The Balaban J connectivity index is 0.000000390. The number of rotatable bonds is 3. The first-order valence-corrected chi connectivity index (χ1v) is 6.44. The van der Waals surface area contributed by atoms with Gasteiger partial charge in [0.2, 0.25) is 0 Å². The third kappa shape index (κ3) is 3.47. The number of ether oxygens (including phenoxy) is 2. The SMILES string of the molecule is C1CC1.CCOc1cc2nccn2cc1C(=O)OC. The molecule has 0 unspecified atom stereocenters. The first kappa shape index (κ1) is 13.4. The molecule has 5 nitrogen and oxygen atoms in total. The fourth-order valence-corrected chi connectivity index (χ4v) is 1.48. The van der Waals surface area contributed by atoms with Gasteiger partial charge in [-0.1, -0.05) is 19.3 Å². The molecular formula is C14H18N2O3. The van der Waals surface area contributed by atoms with Crippen molar-refractivity contribution in [1.29, 1.82) is 0 Å². The van der Waals surface area contributed by atoms with Gasteiger partial charge in [0.15, 0.2) is 0 Å². The standard InChI is InChI=1S/C11H12N2O3.C3H6/c1-3-16-9-6-10-12-4-5-13(10)7-8(9)11(14)15-2;1-2-3-1/h4-7H,3H2,1-2H3;1-3H2. The van der Waals surface area contributed by atoms with Crippen LogP contribution in [0.1, 0.15) is 36.5 Å². The Morgan fingerprint density at radius 3 is 2.74 bits per heavy atom. The van der Waals surface area contributed by atoms with E-state index in [1.54, 1.807) is 29.1 Å². The maximum Gasteiger partial charge on any atom is 0.343 e. The van der Waals surface area contributed by atoms with Gasteiger partial charge in [-0.05, 0) is 6.92 Å². The van der Waals surface area contributed by atoms with Crippen molar-refractivity contribution in [3.8, 4) is 5.75 Å². The van der Waals surface area contributed by atoms with Gasteiger partial charge in [0.25, 0.3) is 0 Å². The van der Waals surface area contributed by atoms with Crippen molar-refractivity contribution in [2.45, 2.75) is 26.2 Å². The second-order valence-electron chi connectivity index (χ2n) is 4.23. The predicted octanol–water partition coefficient (Wildman–Crippen LogP) is 2.69. The van der Waals surface area contributed by atoms with Gasteiger partial charge in [-0.15, -0.1) is 0 Å². The summed E-state index contributed by atoms with van der Waals surface area (Å²) in [6.07, 6.45) is 9.57. The molecule has 0 N–H and O–H groups in total. The summed E-state index contributed by atoms with van der Waals surface area (Å²) in [5, 5.41) is 0. The summed E-state index contributed by atoms with van der Waals surface area (Å²) in [5.41, 5.74) is 1.13. The average molecular weight is 262 g/mol. The maximum absolute atomic E-state index is 11.5. The van der Waals surface area contributed by atoms with E-state index >= 15 is 0 Å². The van der Waals surface area contributed by atoms with Crippen LogP contribution in [0.25, 0.3) is 5.65 Å². The average Bonchev–Trinajstić information content (AvgIpc) is 3.24. The molecule has 0 spiro atoms. The Morgan fingerprint density at radius 2 is 2.16 bits per heavy atom. The first-order valence-electron chi connectivity index (χ1n) is 6.44. The smallest absolute Gasteiger partial charge is 0.343 e. The predicted molar refractivity (Wildman–Crippen MR) is 71.6 cm³/mol. The molecule has 3 rings (SSSR count).